The fourth-order valence-electron chi connectivity index (χ4n) is 3.04. The third-order valence-electron chi connectivity index (χ3n) is 4.87. The Labute approximate surface area is 211 Å². The van der Waals surface area contributed by atoms with Crippen LogP contribution in [-0.2, 0) is 32.3 Å². The first-order chi connectivity index (χ1) is 17.0. The van der Waals surface area contributed by atoms with Crippen molar-refractivity contribution < 1.29 is 33.4 Å². The van der Waals surface area contributed by atoms with E-state index >= 15 is 0 Å². The second-order valence-corrected chi connectivity index (χ2v) is 9.04. The standard InChI is InChI=1S/C26H35N3O7/c1-18-14-20(15-27-24(31)36-26(2,3)4)12-13-22(18)34-17-21(23(30)29(5)33-6)28-25(32)35-16-19-10-8-7-9-11-19/h7-14,21H,15-17H2,1-6H3,(H,27,31)(H,28,32)/t21-/m0/s1. The van der Waals surface area contributed by atoms with Crippen LogP contribution < -0.4 is 15.4 Å². The Hall–Kier alpha value is -3.79. The maximum absolute atomic E-state index is 12.7. The maximum Gasteiger partial charge on any atom is 0.408 e. The van der Waals surface area contributed by atoms with Gasteiger partial charge in [-0.2, -0.15) is 0 Å². The molecular formula is C26H35N3O7. The molecule has 0 aromatic heterocycles. The molecule has 0 aliphatic rings. The van der Waals surface area contributed by atoms with E-state index in [0.29, 0.717) is 5.75 Å². The third kappa shape index (κ3) is 9.83. The number of rotatable bonds is 10. The van der Waals surface area contributed by atoms with Gasteiger partial charge < -0.3 is 24.8 Å². The average Bonchev–Trinajstić information content (AvgIpc) is 2.83. The molecule has 0 unspecified atom stereocenters. The highest BCUT2D eigenvalue weighted by Gasteiger charge is 2.26. The molecule has 0 aliphatic heterocycles. The van der Waals surface area contributed by atoms with Crippen LogP contribution in [-0.4, -0.2) is 55.6 Å². The molecule has 2 aromatic carbocycles. The summed E-state index contributed by atoms with van der Waals surface area (Å²) in [5.74, 6) is 0.0123. The second kappa shape index (κ2) is 13.3. The van der Waals surface area contributed by atoms with E-state index in [1.807, 2.05) is 43.3 Å². The molecule has 2 rings (SSSR count). The van der Waals surface area contributed by atoms with Crippen molar-refractivity contribution in [1.29, 1.82) is 0 Å². The molecule has 10 heteroatoms. The van der Waals surface area contributed by atoms with E-state index in [4.69, 9.17) is 19.0 Å². The van der Waals surface area contributed by atoms with Gasteiger partial charge in [0.05, 0.1) is 7.11 Å². The predicted molar refractivity (Wildman–Crippen MR) is 133 cm³/mol. The number of benzene rings is 2. The molecular weight excluding hydrogens is 466 g/mol. The summed E-state index contributed by atoms with van der Waals surface area (Å²) in [6.07, 6.45) is -1.26. The fraction of sp³-hybridized carbons (Fsp3) is 0.423. The number of amides is 3. The number of likely N-dealkylation sites (N-methyl/N-ethyl adjacent to an activating group) is 1. The zero-order valence-corrected chi connectivity index (χ0v) is 21.6. The van der Waals surface area contributed by atoms with Crippen molar-refractivity contribution in [3.05, 3.63) is 65.2 Å². The summed E-state index contributed by atoms with van der Waals surface area (Å²) in [7, 11) is 2.78. The summed E-state index contributed by atoms with van der Waals surface area (Å²) < 4.78 is 16.3. The lowest BCUT2D eigenvalue weighted by Crippen LogP contribution is -2.50. The minimum atomic E-state index is -1.05. The van der Waals surface area contributed by atoms with Crippen LogP contribution in [0.4, 0.5) is 9.59 Å². The molecule has 2 aromatic rings. The van der Waals surface area contributed by atoms with Crippen LogP contribution in [0.2, 0.25) is 0 Å². The van der Waals surface area contributed by atoms with Crippen LogP contribution in [0.15, 0.2) is 48.5 Å². The van der Waals surface area contributed by atoms with Crippen molar-refractivity contribution in [3.63, 3.8) is 0 Å². The van der Waals surface area contributed by atoms with Gasteiger partial charge >= 0.3 is 12.2 Å². The summed E-state index contributed by atoms with van der Waals surface area (Å²) >= 11 is 0. The largest absolute Gasteiger partial charge is 0.491 e. The van der Waals surface area contributed by atoms with Gasteiger partial charge in [-0.3, -0.25) is 9.63 Å². The summed E-state index contributed by atoms with van der Waals surface area (Å²) in [5.41, 5.74) is 1.87. The molecule has 10 nitrogen and oxygen atoms in total. The van der Waals surface area contributed by atoms with Crippen LogP contribution in [0.1, 0.15) is 37.5 Å². The van der Waals surface area contributed by atoms with E-state index in [-0.39, 0.29) is 19.8 Å². The van der Waals surface area contributed by atoms with E-state index < -0.39 is 29.7 Å². The molecule has 0 radical (unpaired) electrons. The molecule has 0 saturated heterocycles. The first kappa shape index (κ1) is 28.4. The SMILES string of the molecule is CON(C)C(=O)[C@H](COc1ccc(CNC(=O)OC(C)(C)C)cc1C)NC(=O)OCc1ccccc1. The molecule has 1 atom stereocenters. The fourth-order valence-corrected chi connectivity index (χ4v) is 3.04. The lowest BCUT2D eigenvalue weighted by molar-refractivity contribution is -0.171. The molecule has 196 valence electrons. The number of hydroxylamine groups is 2. The Morgan fingerprint density at radius 2 is 1.69 bits per heavy atom. The highest BCUT2D eigenvalue weighted by molar-refractivity contribution is 5.85. The van der Waals surface area contributed by atoms with Gasteiger partial charge in [-0.05, 0) is 50.5 Å². The number of ether oxygens (including phenoxy) is 3. The van der Waals surface area contributed by atoms with Gasteiger partial charge in [-0.1, -0.05) is 42.5 Å². The number of aryl methyl sites for hydroxylation is 1. The Balaban J connectivity index is 1.97. The summed E-state index contributed by atoms with van der Waals surface area (Å²) in [4.78, 5) is 41.9. The second-order valence-electron chi connectivity index (χ2n) is 9.04. The smallest absolute Gasteiger partial charge is 0.408 e. The van der Waals surface area contributed by atoms with Gasteiger partial charge in [0.15, 0.2) is 0 Å². The van der Waals surface area contributed by atoms with Crippen LogP contribution in [0.5, 0.6) is 5.75 Å². The van der Waals surface area contributed by atoms with Gasteiger partial charge in [-0.15, -0.1) is 0 Å². The van der Waals surface area contributed by atoms with Gasteiger partial charge in [0.1, 0.15) is 30.6 Å². The third-order valence-corrected chi connectivity index (χ3v) is 4.87. The minimum absolute atomic E-state index is 0.0620. The number of hydrogen-bond acceptors (Lipinski definition) is 7. The Kier molecular flexibility index (Phi) is 10.5. The predicted octanol–water partition coefficient (Wildman–Crippen LogP) is 3.71. The quantitative estimate of drug-likeness (QED) is 0.477. The first-order valence-electron chi connectivity index (χ1n) is 11.5. The van der Waals surface area contributed by atoms with Crippen LogP contribution in [0.3, 0.4) is 0 Å². The molecule has 0 bridgehead atoms. The van der Waals surface area contributed by atoms with E-state index in [1.165, 1.54) is 14.2 Å². The zero-order chi connectivity index (χ0) is 26.7. The monoisotopic (exact) mass is 501 g/mol. The molecule has 36 heavy (non-hydrogen) atoms. The summed E-state index contributed by atoms with van der Waals surface area (Å²) in [5, 5.41) is 6.24. The lowest BCUT2D eigenvalue weighted by atomic mass is 10.1. The number of carbonyl (C=O) groups excluding carboxylic acids is 3. The van der Waals surface area contributed by atoms with E-state index in [2.05, 4.69) is 10.6 Å². The Morgan fingerprint density at radius 3 is 2.31 bits per heavy atom. The van der Waals surface area contributed by atoms with E-state index in [0.717, 1.165) is 21.8 Å². The number of nitrogens with one attached hydrogen (secondary N) is 2. The van der Waals surface area contributed by atoms with Gasteiger partial charge in [-0.25, -0.2) is 14.7 Å². The van der Waals surface area contributed by atoms with Crippen molar-refractivity contribution in [1.82, 2.24) is 15.7 Å². The zero-order valence-electron chi connectivity index (χ0n) is 21.6. The van der Waals surface area contributed by atoms with Crippen LogP contribution >= 0.6 is 0 Å². The molecule has 0 saturated carbocycles. The van der Waals surface area contributed by atoms with Crippen molar-refractivity contribution in [2.75, 3.05) is 20.8 Å². The van der Waals surface area contributed by atoms with E-state index in [9.17, 15) is 14.4 Å². The average molecular weight is 502 g/mol. The van der Waals surface area contributed by atoms with Crippen LogP contribution in [0, 0.1) is 6.92 Å². The summed E-state index contributed by atoms with van der Waals surface area (Å²) in [6.45, 7) is 7.42. The van der Waals surface area contributed by atoms with Crippen molar-refractivity contribution in [2.45, 2.75) is 52.5 Å². The number of hydrogen-bond donors (Lipinski definition) is 2. The number of carbonyl (C=O) groups is 3. The van der Waals surface area contributed by atoms with Crippen molar-refractivity contribution in [2.24, 2.45) is 0 Å². The van der Waals surface area contributed by atoms with E-state index in [1.54, 1.807) is 32.9 Å². The summed E-state index contributed by atoms with van der Waals surface area (Å²) in [6, 6.07) is 13.5. The molecule has 0 heterocycles. The Bertz CT molecular complexity index is 1020. The van der Waals surface area contributed by atoms with Crippen molar-refractivity contribution >= 4 is 18.1 Å². The Morgan fingerprint density at radius 1 is 1.00 bits per heavy atom. The van der Waals surface area contributed by atoms with Crippen LogP contribution in [0.25, 0.3) is 0 Å². The minimum Gasteiger partial charge on any atom is -0.491 e. The molecule has 3 amide bonds. The molecule has 0 fully saturated rings. The maximum atomic E-state index is 12.7. The first-order valence-corrected chi connectivity index (χ1v) is 11.5. The van der Waals surface area contributed by atoms with Gasteiger partial charge in [0, 0.05) is 13.6 Å². The molecule has 0 aliphatic carbocycles. The van der Waals surface area contributed by atoms with Crippen molar-refractivity contribution in [3.8, 4) is 5.75 Å². The topological polar surface area (TPSA) is 115 Å². The highest BCUT2D eigenvalue weighted by atomic mass is 16.7. The normalized spacial score (nSPS) is 11.7. The molecule has 2 N–H and O–H groups in total. The highest BCUT2D eigenvalue weighted by Crippen LogP contribution is 2.20. The van der Waals surface area contributed by atoms with Gasteiger partial charge in [0.2, 0.25) is 0 Å². The number of alkyl carbamates (subject to hydrolysis) is 2. The lowest BCUT2D eigenvalue weighted by Gasteiger charge is -2.23. The number of nitrogens with zero attached hydrogens (tertiary/aromatic N) is 1. The molecule has 0 spiro atoms. The van der Waals surface area contributed by atoms with Gasteiger partial charge in [0.25, 0.3) is 5.91 Å².